The Morgan fingerprint density at radius 2 is 1.84 bits per heavy atom. The van der Waals surface area contributed by atoms with E-state index in [-0.39, 0.29) is 42.6 Å². The van der Waals surface area contributed by atoms with Crippen molar-refractivity contribution in [3.63, 3.8) is 0 Å². The zero-order valence-corrected chi connectivity index (χ0v) is 17.0. The molecule has 1 aliphatic heterocycles. The van der Waals surface area contributed by atoms with Crippen molar-refractivity contribution in [2.24, 2.45) is 0 Å². The highest BCUT2D eigenvalue weighted by molar-refractivity contribution is 7.89. The molecule has 1 fully saturated rings. The number of carbonyl (C=O) groups is 1. The lowest BCUT2D eigenvalue weighted by atomic mass is 10.2. The standard InChI is InChI=1S/C20H18F2N4O4S/c21-17-4-3-15(31(28,29)25-8-10-30-11-9-25)13-16(17)20(27)24-14-2-5-19(18(22)12-14)26-7-1-6-23-26/h1-7,12-13H,8-11H2,(H,24,27). The van der Waals surface area contributed by atoms with E-state index in [4.69, 9.17) is 4.74 Å². The molecule has 2 aromatic carbocycles. The van der Waals surface area contributed by atoms with Crippen molar-refractivity contribution in [2.75, 3.05) is 31.6 Å². The van der Waals surface area contributed by atoms with Crippen LogP contribution in [-0.4, -0.2) is 54.7 Å². The van der Waals surface area contributed by atoms with Gasteiger partial charge in [-0.05, 0) is 42.5 Å². The van der Waals surface area contributed by atoms with Crippen LogP contribution in [0.2, 0.25) is 0 Å². The smallest absolute Gasteiger partial charge is 0.258 e. The van der Waals surface area contributed by atoms with Gasteiger partial charge in [-0.2, -0.15) is 9.40 Å². The maximum Gasteiger partial charge on any atom is 0.258 e. The second-order valence-corrected chi connectivity index (χ2v) is 8.67. The molecule has 0 radical (unpaired) electrons. The zero-order valence-electron chi connectivity index (χ0n) is 16.2. The molecule has 1 aliphatic rings. The van der Waals surface area contributed by atoms with Crippen molar-refractivity contribution in [2.45, 2.75) is 4.90 Å². The summed E-state index contributed by atoms with van der Waals surface area (Å²) in [5.41, 5.74) is -0.210. The van der Waals surface area contributed by atoms with Gasteiger partial charge in [0.2, 0.25) is 10.0 Å². The van der Waals surface area contributed by atoms with E-state index in [1.54, 1.807) is 12.3 Å². The van der Waals surface area contributed by atoms with E-state index in [0.29, 0.717) is 0 Å². The lowest BCUT2D eigenvalue weighted by Crippen LogP contribution is -2.40. The van der Waals surface area contributed by atoms with Crippen LogP contribution in [-0.2, 0) is 14.8 Å². The van der Waals surface area contributed by atoms with E-state index in [2.05, 4.69) is 10.4 Å². The molecule has 2 heterocycles. The van der Waals surface area contributed by atoms with Crippen LogP contribution < -0.4 is 5.32 Å². The summed E-state index contributed by atoms with van der Waals surface area (Å²) in [6.07, 6.45) is 3.06. The number of ether oxygens (including phenoxy) is 1. The third-order valence-corrected chi connectivity index (χ3v) is 6.64. The summed E-state index contributed by atoms with van der Waals surface area (Å²) in [7, 11) is -3.91. The maximum absolute atomic E-state index is 14.4. The van der Waals surface area contributed by atoms with E-state index in [1.165, 1.54) is 27.3 Å². The lowest BCUT2D eigenvalue weighted by molar-refractivity contribution is 0.0730. The Balaban J connectivity index is 1.57. The first-order valence-electron chi connectivity index (χ1n) is 9.34. The average molecular weight is 448 g/mol. The predicted octanol–water partition coefficient (Wildman–Crippen LogP) is 2.42. The second-order valence-electron chi connectivity index (χ2n) is 6.73. The summed E-state index contributed by atoms with van der Waals surface area (Å²) in [6.45, 7) is 0.855. The number of hydrogen-bond donors (Lipinski definition) is 1. The van der Waals surface area contributed by atoms with Crippen molar-refractivity contribution in [3.8, 4) is 5.69 Å². The number of aromatic nitrogens is 2. The summed E-state index contributed by atoms with van der Waals surface area (Å²) in [5, 5.41) is 6.33. The number of carbonyl (C=O) groups excluding carboxylic acids is 1. The van der Waals surface area contributed by atoms with E-state index >= 15 is 0 Å². The van der Waals surface area contributed by atoms with Gasteiger partial charge in [-0.15, -0.1) is 0 Å². The number of morpholine rings is 1. The number of hydrogen-bond acceptors (Lipinski definition) is 5. The summed E-state index contributed by atoms with van der Waals surface area (Å²) >= 11 is 0. The van der Waals surface area contributed by atoms with E-state index in [9.17, 15) is 22.0 Å². The number of nitrogens with one attached hydrogen (secondary N) is 1. The Morgan fingerprint density at radius 3 is 2.52 bits per heavy atom. The summed E-state index contributed by atoms with van der Waals surface area (Å²) in [5.74, 6) is -2.44. The fourth-order valence-electron chi connectivity index (χ4n) is 3.16. The van der Waals surface area contributed by atoms with Crippen molar-refractivity contribution in [1.82, 2.24) is 14.1 Å². The Hall–Kier alpha value is -3.15. The van der Waals surface area contributed by atoms with Crippen LogP contribution in [0.3, 0.4) is 0 Å². The maximum atomic E-state index is 14.4. The number of anilines is 1. The molecule has 162 valence electrons. The molecule has 0 bridgehead atoms. The molecule has 8 nitrogen and oxygen atoms in total. The van der Waals surface area contributed by atoms with Crippen molar-refractivity contribution in [3.05, 3.63) is 72.1 Å². The van der Waals surface area contributed by atoms with Gasteiger partial charge in [0.25, 0.3) is 5.91 Å². The normalized spacial score (nSPS) is 15.0. The van der Waals surface area contributed by atoms with E-state index in [0.717, 1.165) is 24.3 Å². The minimum absolute atomic E-state index is 0.0826. The van der Waals surface area contributed by atoms with Crippen LogP contribution in [0.1, 0.15) is 10.4 Å². The fraction of sp³-hybridized carbons (Fsp3) is 0.200. The molecule has 1 aromatic heterocycles. The Labute approximate surface area is 177 Å². The second kappa shape index (κ2) is 8.53. The van der Waals surface area contributed by atoms with Gasteiger partial charge in [0, 0.05) is 31.2 Å². The third-order valence-electron chi connectivity index (χ3n) is 4.75. The highest BCUT2D eigenvalue weighted by atomic mass is 32.2. The molecular weight excluding hydrogens is 430 g/mol. The number of halogens is 2. The molecule has 0 aliphatic carbocycles. The van der Waals surface area contributed by atoms with Gasteiger partial charge < -0.3 is 10.1 Å². The number of rotatable bonds is 5. The van der Waals surface area contributed by atoms with Gasteiger partial charge in [0.1, 0.15) is 11.5 Å². The molecule has 11 heteroatoms. The molecule has 0 atom stereocenters. The van der Waals surface area contributed by atoms with Gasteiger partial charge in [-0.3, -0.25) is 4.79 Å². The lowest BCUT2D eigenvalue weighted by Gasteiger charge is -2.26. The molecule has 1 N–H and O–H groups in total. The Bertz CT molecular complexity index is 1210. The molecule has 3 aromatic rings. The Kier molecular flexibility index (Phi) is 5.81. The monoisotopic (exact) mass is 448 g/mol. The van der Waals surface area contributed by atoms with E-state index < -0.39 is 33.1 Å². The molecule has 1 saturated heterocycles. The minimum Gasteiger partial charge on any atom is -0.379 e. The van der Waals surface area contributed by atoms with Gasteiger partial charge in [-0.1, -0.05) is 0 Å². The summed E-state index contributed by atoms with van der Waals surface area (Å²) in [6, 6.07) is 8.55. The average Bonchev–Trinajstić information content (AvgIpc) is 3.29. The highest BCUT2D eigenvalue weighted by Gasteiger charge is 2.28. The molecule has 1 amide bonds. The van der Waals surface area contributed by atoms with Gasteiger partial charge in [0.05, 0.1) is 23.7 Å². The highest BCUT2D eigenvalue weighted by Crippen LogP contribution is 2.22. The van der Waals surface area contributed by atoms with Gasteiger partial charge in [-0.25, -0.2) is 21.9 Å². The van der Waals surface area contributed by atoms with Gasteiger partial charge in [0.15, 0.2) is 5.82 Å². The van der Waals surface area contributed by atoms with Crippen LogP contribution in [0.15, 0.2) is 59.8 Å². The third kappa shape index (κ3) is 4.33. The number of amides is 1. The molecule has 31 heavy (non-hydrogen) atoms. The van der Waals surface area contributed by atoms with Crippen LogP contribution in [0.4, 0.5) is 14.5 Å². The van der Waals surface area contributed by atoms with Crippen molar-refractivity contribution >= 4 is 21.6 Å². The van der Waals surface area contributed by atoms with E-state index in [1.807, 2.05) is 0 Å². The summed E-state index contributed by atoms with van der Waals surface area (Å²) < 4.78 is 62.0. The molecule has 0 spiro atoms. The van der Waals surface area contributed by atoms with Crippen LogP contribution in [0, 0.1) is 11.6 Å². The first-order chi connectivity index (χ1) is 14.9. The van der Waals surface area contributed by atoms with Crippen LogP contribution in [0.25, 0.3) is 5.69 Å². The number of nitrogens with zero attached hydrogens (tertiary/aromatic N) is 3. The Morgan fingerprint density at radius 1 is 1.06 bits per heavy atom. The predicted molar refractivity (Wildman–Crippen MR) is 107 cm³/mol. The van der Waals surface area contributed by atoms with Crippen LogP contribution >= 0.6 is 0 Å². The number of sulfonamides is 1. The molecule has 0 saturated carbocycles. The van der Waals surface area contributed by atoms with Gasteiger partial charge >= 0.3 is 0 Å². The van der Waals surface area contributed by atoms with Crippen LogP contribution in [0.5, 0.6) is 0 Å². The quantitative estimate of drug-likeness (QED) is 0.647. The summed E-state index contributed by atoms with van der Waals surface area (Å²) in [4.78, 5) is 12.4. The fourth-order valence-corrected chi connectivity index (χ4v) is 4.59. The number of benzene rings is 2. The minimum atomic E-state index is -3.91. The first-order valence-corrected chi connectivity index (χ1v) is 10.8. The van der Waals surface area contributed by atoms with Crippen molar-refractivity contribution in [1.29, 1.82) is 0 Å². The topological polar surface area (TPSA) is 93.5 Å². The molecule has 4 rings (SSSR count). The molecular formula is C20H18F2N4O4S. The SMILES string of the molecule is O=C(Nc1ccc(-n2cccn2)c(F)c1)c1cc(S(=O)(=O)N2CCOCC2)ccc1F. The first kappa shape index (κ1) is 21.1. The largest absolute Gasteiger partial charge is 0.379 e. The zero-order chi connectivity index (χ0) is 22.0. The molecule has 0 unspecified atom stereocenters. The van der Waals surface area contributed by atoms with Crippen molar-refractivity contribution < 1.29 is 26.7 Å².